The number of aryl methyl sites for hydroxylation is 2. The Hall–Kier alpha value is -2.93. The summed E-state index contributed by atoms with van der Waals surface area (Å²) in [6.45, 7) is 2.67. The van der Waals surface area contributed by atoms with Gasteiger partial charge in [-0.25, -0.2) is 9.78 Å². The van der Waals surface area contributed by atoms with Crippen molar-refractivity contribution in [3.05, 3.63) is 63.7 Å². The van der Waals surface area contributed by atoms with Gasteiger partial charge in [-0.2, -0.15) is 0 Å². The van der Waals surface area contributed by atoms with Crippen LogP contribution in [0.5, 0.6) is 5.75 Å². The van der Waals surface area contributed by atoms with Crippen molar-refractivity contribution in [1.29, 1.82) is 0 Å². The van der Waals surface area contributed by atoms with Gasteiger partial charge in [-0.15, -0.1) is 11.3 Å². The number of ether oxygens (including phenoxy) is 1. The number of hydrogen-bond donors (Lipinski definition) is 1. The van der Waals surface area contributed by atoms with Gasteiger partial charge in [0.2, 0.25) is 0 Å². The zero-order valence-electron chi connectivity index (χ0n) is 16.5. The van der Waals surface area contributed by atoms with E-state index < -0.39 is 5.97 Å². The highest BCUT2D eigenvalue weighted by Gasteiger charge is 2.23. The third-order valence-corrected chi connectivity index (χ3v) is 6.16. The van der Waals surface area contributed by atoms with Gasteiger partial charge in [0.05, 0.1) is 17.2 Å². The molecule has 0 saturated carbocycles. The predicted octanol–water partition coefficient (Wildman–Crippen LogP) is 4.81. The molecule has 1 aliphatic rings. The van der Waals surface area contributed by atoms with Gasteiger partial charge in [0.15, 0.2) is 0 Å². The van der Waals surface area contributed by atoms with Gasteiger partial charge in [0.25, 0.3) is 0 Å². The molecule has 0 radical (unpaired) electrons. The fourth-order valence-corrected chi connectivity index (χ4v) is 4.40. The second-order valence-electron chi connectivity index (χ2n) is 7.22. The number of aromatic nitrogens is 2. The molecule has 0 aliphatic carbocycles. The summed E-state index contributed by atoms with van der Waals surface area (Å²) in [6.07, 6.45) is 5.66. The molecule has 1 aliphatic heterocycles. The summed E-state index contributed by atoms with van der Waals surface area (Å²) in [5.41, 5.74) is 3.34. The molecule has 0 amide bonds. The standard InChI is InChI=1S/C22H23N3O3S/c1-14-24-21(13-29-14)25(2)17-5-6-18-15(8-10-28-20(18)11-17)3-4-16-12-23-9-7-19(16)22(26)27/h5-7,9,11-13,15H,3-4,8,10H2,1-2H3,(H,26,27)/t15-/m1/s1. The maximum absolute atomic E-state index is 11.4. The SMILES string of the molecule is Cc1nc(N(C)c2ccc3c(c2)OCC[C@H]3CCc2cnccc2C(=O)O)cs1. The molecule has 7 heteroatoms. The van der Waals surface area contributed by atoms with Crippen LogP contribution in [-0.4, -0.2) is 34.7 Å². The lowest BCUT2D eigenvalue weighted by molar-refractivity contribution is 0.0695. The zero-order chi connectivity index (χ0) is 20.4. The topological polar surface area (TPSA) is 75.5 Å². The van der Waals surface area contributed by atoms with E-state index in [-0.39, 0.29) is 0 Å². The number of fused-ring (bicyclic) bond motifs is 1. The molecule has 0 unspecified atom stereocenters. The number of carboxylic acids is 1. The van der Waals surface area contributed by atoms with Crippen molar-refractivity contribution in [1.82, 2.24) is 9.97 Å². The molecule has 0 bridgehead atoms. The van der Waals surface area contributed by atoms with E-state index in [4.69, 9.17) is 4.74 Å². The van der Waals surface area contributed by atoms with E-state index >= 15 is 0 Å². The zero-order valence-corrected chi connectivity index (χ0v) is 17.3. The van der Waals surface area contributed by atoms with Crippen molar-refractivity contribution in [3.8, 4) is 5.75 Å². The smallest absolute Gasteiger partial charge is 0.336 e. The molecule has 3 aromatic rings. The highest BCUT2D eigenvalue weighted by Crippen LogP contribution is 2.39. The van der Waals surface area contributed by atoms with Gasteiger partial charge in [-0.1, -0.05) is 6.07 Å². The number of aromatic carboxylic acids is 1. The molecule has 4 rings (SSSR count). The Morgan fingerprint density at radius 2 is 2.24 bits per heavy atom. The van der Waals surface area contributed by atoms with Crippen LogP contribution in [0, 0.1) is 6.92 Å². The number of anilines is 2. The molecule has 1 atom stereocenters. The summed E-state index contributed by atoms with van der Waals surface area (Å²) >= 11 is 1.63. The molecule has 0 spiro atoms. The molecular weight excluding hydrogens is 386 g/mol. The molecule has 6 nitrogen and oxygen atoms in total. The lowest BCUT2D eigenvalue weighted by Crippen LogP contribution is -2.17. The van der Waals surface area contributed by atoms with Gasteiger partial charge in [0.1, 0.15) is 11.6 Å². The van der Waals surface area contributed by atoms with Gasteiger partial charge in [0, 0.05) is 36.6 Å². The minimum Gasteiger partial charge on any atom is -0.493 e. The van der Waals surface area contributed by atoms with E-state index in [1.807, 2.05) is 19.4 Å². The lowest BCUT2D eigenvalue weighted by Gasteiger charge is -2.28. The minimum atomic E-state index is -0.903. The van der Waals surface area contributed by atoms with Crippen LogP contribution < -0.4 is 9.64 Å². The van der Waals surface area contributed by atoms with Crippen LogP contribution in [0.2, 0.25) is 0 Å². The number of benzene rings is 1. The van der Waals surface area contributed by atoms with Crippen LogP contribution in [0.4, 0.5) is 11.5 Å². The number of carboxylic acid groups (broad SMARTS) is 1. The van der Waals surface area contributed by atoms with Crippen LogP contribution in [0.1, 0.15) is 45.3 Å². The summed E-state index contributed by atoms with van der Waals surface area (Å²) < 4.78 is 5.95. The summed E-state index contributed by atoms with van der Waals surface area (Å²) in [5.74, 6) is 1.26. The monoisotopic (exact) mass is 409 g/mol. The van der Waals surface area contributed by atoms with Gasteiger partial charge >= 0.3 is 5.97 Å². The third kappa shape index (κ3) is 4.10. The maximum atomic E-state index is 11.4. The average Bonchev–Trinajstić information content (AvgIpc) is 3.17. The first-order valence-electron chi connectivity index (χ1n) is 9.61. The van der Waals surface area contributed by atoms with E-state index in [1.165, 1.54) is 11.8 Å². The Balaban J connectivity index is 1.52. The maximum Gasteiger partial charge on any atom is 0.336 e. The molecule has 29 heavy (non-hydrogen) atoms. The normalized spacial score (nSPS) is 15.4. The Morgan fingerprint density at radius 3 is 3.00 bits per heavy atom. The molecule has 150 valence electrons. The number of rotatable bonds is 6. The van der Waals surface area contributed by atoms with Crippen LogP contribution in [0.25, 0.3) is 0 Å². The largest absolute Gasteiger partial charge is 0.493 e. The lowest BCUT2D eigenvalue weighted by atomic mass is 9.87. The summed E-state index contributed by atoms with van der Waals surface area (Å²) in [5, 5.41) is 12.5. The molecule has 0 fully saturated rings. The third-order valence-electron chi connectivity index (χ3n) is 5.39. The van der Waals surface area contributed by atoms with Crippen molar-refractivity contribution in [3.63, 3.8) is 0 Å². The highest BCUT2D eigenvalue weighted by molar-refractivity contribution is 7.09. The molecule has 2 aromatic heterocycles. The fourth-order valence-electron chi connectivity index (χ4n) is 3.76. The van der Waals surface area contributed by atoms with E-state index in [1.54, 1.807) is 23.6 Å². The van der Waals surface area contributed by atoms with Crippen molar-refractivity contribution >= 4 is 28.8 Å². The Bertz CT molecular complexity index is 1030. The average molecular weight is 410 g/mol. The van der Waals surface area contributed by atoms with Crippen LogP contribution in [-0.2, 0) is 6.42 Å². The second kappa shape index (κ2) is 8.21. The number of pyridine rings is 1. The van der Waals surface area contributed by atoms with E-state index in [0.717, 1.165) is 40.7 Å². The Morgan fingerprint density at radius 1 is 1.38 bits per heavy atom. The van der Waals surface area contributed by atoms with Crippen molar-refractivity contribution in [2.75, 3.05) is 18.6 Å². The quantitative estimate of drug-likeness (QED) is 0.630. The van der Waals surface area contributed by atoms with Gasteiger partial charge in [-0.05, 0) is 55.4 Å². The van der Waals surface area contributed by atoms with Crippen molar-refractivity contribution < 1.29 is 14.6 Å². The van der Waals surface area contributed by atoms with E-state index in [0.29, 0.717) is 24.5 Å². The summed E-state index contributed by atoms with van der Waals surface area (Å²) in [4.78, 5) is 22.1. The van der Waals surface area contributed by atoms with Crippen LogP contribution >= 0.6 is 11.3 Å². The predicted molar refractivity (Wildman–Crippen MR) is 114 cm³/mol. The number of thiazole rings is 1. The Kier molecular flexibility index (Phi) is 5.49. The Labute approximate surface area is 173 Å². The van der Waals surface area contributed by atoms with E-state index in [9.17, 15) is 9.90 Å². The second-order valence-corrected chi connectivity index (χ2v) is 8.28. The minimum absolute atomic E-state index is 0.335. The molecule has 1 N–H and O–H groups in total. The van der Waals surface area contributed by atoms with Gasteiger partial charge in [-0.3, -0.25) is 4.98 Å². The number of hydrogen-bond acceptors (Lipinski definition) is 6. The van der Waals surface area contributed by atoms with Gasteiger partial charge < -0.3 is 14.7 Å². The molecular formula is C22H23N3O3S. The summed E-state index contributed by atoms with van der Waals surface area (Å²) in [7, 11) is 2.01. The van der Waals surface area contributed by atoms with Crippen molar-refractivity contribution in [2.24, 2.45) is 0 Å². The highest BCUT2D eigenvalue weighted by atomic mass is 32.1. The fraction of sp³-hybridized carbons (Fsp3) is 0.318. The van der Waals surface area contributed by atoms with E-state index in [2.05, 4.69) is 33.1 Å². The summed E-state index contributed by atoms with van der Waals surface area (Å²) in [6, 6.07) is 7.87. The van der Waals surface area contributed by atoms with Crippen LogP contribution in [0.15, 0.2) is 42.0 Å². The number of nitrogens with zero attached hydrogens (tertiary/aromatic N) is 3. The molecule has 0 saturated heterocycles. The molecule has 3 heterocycles. The number of carbonyl (C=O) groups is 1. The van der Waals surface area contributed by atoms with Crippen LogP contribution in [0.3, 0.4) is 0 Å². The first kappa shape index (κ1) is 19.4. The first-order chi connectivity index (χ1) is 14.0. The van der Waals surface area contributed by atoms with Crippen molar-refractivity contribution in [2.45, 2.75) is 32.1 Å². The molecule has 1 aromatic carbocycles. The first-order valence-corrected chi connectivity index (χ1v) is 10.5.